The van der Waals surface area contributed by atoms with Gasteiger partial charge in [-0.15, -0.1) is 24.0 Å². The fraction of sp³-hybridized carbons (Fsp3) is 0.591. The second-order valence-electron chi connectivity index (χ2n) is 8.11. The average molecular weight is 573 g/mol. The Morgan fingerprint density at radius 2 is 2.06 bits per heavy atom. The lowest BCUT2D eigenvalue weighted by Crippen LogP contribution is -2.50. The number of ether oxygens (including phenoxy) is 2. The summed E-state index contributed by atoms with van der Waals surface area (Å²) in [7, 11) is 3.42. The number of methoxy groups -OCH3 is 1. The molecule has 2 aliphatic rings. The molecular formula is C22H33FIN7O2. The van der Waals surface area contributed by atoms with Gasteiger partial charge in [-0.25, -0.2) is 14.1 Å². The standard InChI is InChI=1S/C22H32FN7O2.HI/c1-24-22(26-18-7-8-21-27-20(15-31-2)28-30(21)14-18)25-13-19(29-9-11-32-12-10-29)16-3-5-17(23)6-4-16;/h3-6,18-19H,7-15H2,1-2H3,(H2,24,25,26);1H. The molecule has 0 radical (unpaired) electrons. The summed E-state index contributed by atoms with van der Waals surface area (Å²) in [5.74, 6) is 2.24. The van der Waals surface area contributed by atoms with Crippen molar-refractivity contribution in [3.63, 3.8) is 0 Å². The lowest BCUT2D eigenvalue weighted by molar-refractivity contribution is 0.0169. The van der Waals surface area contributed by atoms with Gasteiger partial charge in [-0.3, -0.25) is 9.89 Å². The number of hydrogen-bond acceptors (Lipinski definition) is 6. The molecule has 4 rings (SSSR count). The van der Waals surface area contributed by atoms with E-state index in [0.29, 0.717) is 26.4 Å². The minimum Gasteiger partial charge on any atom is -0.379 e. The van der Waals surface area contributed by atoms with Crippen LogP contribution in [0, 0.1) is 5.82 Å². The average Bonchev–Trinajstić information content (AvgIpc) is 3.22. The van der Waals surface area contributed by atoms with Crippen molar-refractivity contribution in [1.82, 2.24) is 30.3 Å². The van der Waals surface area contributed by atoms with E-state index in [0.717, 1.165) is 55.6 Å². The molecule has 182 valence electrons. The van der Waals surface area contributed by atoms with Gasteiger partial charge in [0.05, 0.1) is 25.8 Å². The highest BCUT2D eigenvalue weighted by molar-refractivity contribution is 14.0. The topological polar surface area (TPSA) is 88.8 Å². The Morgan fingerprint density at radius 1 is 1.30 bits per heavy atom. The Morgan fingerprint density at radius 3 is 2.76 bits per heavy atom. The van der Waals surface area contributed by atoms with Gasteiger partial charge in [0.25, 0.3) is 0 Å². The van der Waals surface area contributed by atoms with E-state index in [1.165, 1.54) is 12.1 Å². The number of halogens is 2. The van der Waals surface area contributed by atoms with Crippen LogP contribution in [0.25, 0.3) is 0 Å². The number of hydrogen-bond donors (Lipinski definition) is 2. The molecule has 33 heavy (non-hydrogen) atoms. The predicted octanol–water partition coefficient (Wildman–Crippen LogP) is 1.73. The van der Waals surface area contributed by atoms with Gasteiger partial charge < -0.3 is 20.1 Å². The van der Waals surface area contributed by atoms with E-state index in [2.05, 4.69) is 30.6 Å². The van der Waals surface area contributed by atoms with Crippen LogP contribution in [0.3, 0.4) is 0 Å². The number of morpholine rings is 1. The maximum absolute atomic E-state index is 13.5. The summed E-state index contributed by atoms with van der Waals surface area (Å²) in [4.78, 5) is 11.3. The molecule has 0 amide bonds. The fourth-order valence-corrected chi connectivity index (χ4v) is 4.28. The molecule has 11 heteroatoms. The van der Waals surface area contributed by atoms with E-state index >= 15 is 0 Å². The van der Waals surface area contributed by atoms with E-state index in [-0.39, 0.29) is 41.9 Å². The summed E-state index contributed by atoms with van der Waals surface area (Å²) in [6.45, 7) is 4.92. The summed E-state index contributed by atoms with van der Waals surface area (Å²) in [6, 6.07) is 7.06. The third-order valence-electron chi connectivity index (χ3n) is 5.94. The number of aromatic nitrogens is 3. The molecule has 2 atom stereocenters. The Hall–Kier alpha value is -1.83. The summed E-state index contributed by atoms with van der Waals surface area (Å²) in [5, 5.41) is 11.5. The number of benzene rings is 1. The Labute approximate surface area is 211 Å². The van der Waals surface area contributed by atoms with E-state index in [1.54, 1.807) is 14.2 Å². The fourth-order valence-electron chi connectivity index (χ4n) is 4.28. The summed E-state index contributed by atoms with van der Waals surface area (Å²) < 4.78 is 26.1. The molecule has 3 heterocycles. The second-order valence-corrected chi connectivity index (χ2v) is 8.11. The molecule has 1 fully saturated rings. The van der Waals surface area contributed by atoms with Gasteiger partial charge >= 0.3 is 0 Å². The van der Waals surface area contributed by atoms with E-state index in [4.69, 9.17) is 9.47 Å². The van der Waals surface area contributed by atoms with Crippen LogP contribution in [0.15, 0.2) is 29.3 Å². The molecular weight excluding hydrogens is 540 g/mol. The molecule has 1 aromatic carbocycles. The monoisotopic (exact) mass is 573 g/mol. The van der Waals surface area contributed by atoms with Gasteiger partial charge in [0, 0.05) is 46.3 Å². The highest BCUT2D eigenvalue weighted by Gasteiger charge is 2.25. The van der Waals surface area contributed by atoms with Crippen LogP contribution in [0.1, 0.15) is 29.7 Å². The molecule has 1 saturated heterocycles. The largest absolute Gasteiger partial charge is 0.379 e. The minimum atomic E-state index is -0.224. The summed E-state index contributed by atoms with van der Waals surface area (Å²) >= 11 is 0. The second kappa shape index (κ2) is 12.6. The number of aryl methyl sites for hydroxylation is 1. The zero-order valence-electron chi connectivity index (χ0n) is 19.2. The van der Waals surface area contributed by atoms with Crippen LogP contribution in [-0.2, 0) is 29.0 Å². The number of nitrogens with one attached hydrogen (secondary N) is 2. The van der Waals surface area contributed by atoms with Crippen molar-refractivity contribution in [2.45, 2.75) is 38.1 Å². The number of guanidine groups is 1. The lowest BCUT2D eigenvalue weighted by Gasteiger charge is -2.35. The molecule has 0 aliphatic carbocycles. The number of rotatable bonds is 7. The van der Waals surface area contributed by atoms with Crippen LogP contribution >= 0.6 is 24.0 Å². The Balaban J connectivity index is 0.00000306. The molecule has 2 N–H and O–H groups in total. The third kappa shape index (κ3) is 6.84. The minimum absolute atomic E-state index is 0. The van der Waals surface area contributed by atoms with Crippen molar-refractivity contribution in [3.8, 4) is 0 Å². The van der Waals surface area contributed by atoms with Gasteiger partial charge in [0.1, 0.15) is 18.2 Å². The van der Waals surface area contributed by atoms with Crippen molar-refractivity contribution in [1.29, 1.82) is 0 Å². The zero-order valence-corrected chi connectivity index (χ0v) is 21.5. The van der Waals surface area contributed by atoms with Gasteiger partial charge in [0.15, 0.2) is 11.8 Å². The molecule has 9 nitrogen and oxygen atoms in total. The number of aliphatic imine (C=N–C) groups is 1. The van der Waals surface area contributed by atoms with Gasteiger partial charge in [-0.05, 0) is 24.1 Å². The number of fused-ring (bicyclic) bond motifs is 1. The first-order chi connectivity index (χ1) is 15.7. The predicted molar refractivity (Wildman–Crippen MR) is 134 cm³/mol. The quantitative estimate of drug-likeness (QED) is 0.297. The smallest absolute Gasteiger partial charge is 0.191 e. The Bertz CT molecular complexity index is 903. The van der Waals surface area contributed by atoms with Crippen molar-refractivity contribution in [2.24, 2.45) is 4.99 Å². The molecule has 0 bridgehead atoms. The normalized spacial score (nSPS) is 20.0. The van der Waals surface area contributed by atoms with E-state index in [9.17, 15) is 4.39 Å². The molecule has 0 spiro atoms. The van der Waals surface area contributed by atoms with Crippen molar-refractivity contribution in [2.75, 3.05) is 47.0 Å². The summed E-state index contributed by atoms with van der Waals surface area (Å²) in [5.41, 5.74) is 1.08. The molecule has 2 aromatic rings. The van der Waals surface area contributed by atoms with Gasteiger partial charge in [-0.1, -0.05) is 12.1 Å². The zero-order chi connectivity index (χ0) is 22.3. The van der Waals surface area contributed by atoms with Crippen LogP contribution in [0.5, 0.6) is 0 Å². The maximum atomic E-state index is 13.5. The molecule has 0 saturated carbocycles. The highest BCUT2D eigenvalue weighted by Crippen LogP contribution is 2.22. The van der Waals surface area contributed by atoms with Crippen molar-refractivity contribution in [3.05, 3.63) is 47.3 Å². The molecule has 2 aliphatic heterocycles. The van der Waals surface area contributed by atoms with E-state index in [1.807, 2.05) is 16.8 Å². The first-order valence-corrected chi connectivity index (χ1v) is 11.1. The van der Waals surface area contributed by atoms with E-state index < -0.39 is 0 Å². The van der Waals surface area contributed by atoms with Gasteiger partial charge in [0.2, 0.25) is 0 Å². The lowest BCUT2D eigenvalue weighted by atomic mass is 10.0. The van der Waals surface area contributed by atoms with Gasteiger partial charge in [-0.2, -0.15) is 5.10 Å². The highest BCUT2D eigenvalue weighted by atomic mass is 127. The first kappa shape index (κ1) is 25.8. The maximum Gasteiger partial charge on any atom is 0.191 e. The molecule has 2 unspecified atom stereocenters. The first-order valence-electron chi connectivity index (χ1n) is 11.1. The van der Waals surface area contributed by atoms with Crippen LogP contribution in [0.4, 0.5) is 4.39 Å². The SMILES string of the molecule is CN=C(NCC(c1ccc(F)cc1)N1CCOCC1)NC1CCc2nc(COC)nn2C1.I. The Kier molecular flexibility index (Phi) is 9.83. The van der Waals surface area contributed by atoms with Crippen LogP contribution in [-0.4, -0.2) is 78.7 Å². The van der Waals surface area contributed by atoms with Crippen LogP contribution < -0.4 is 10.6 Å². The third-order valence-corrected chi connectivity index (χ3v) is 5.94. The number of nitrogens with zero attached hydrogens (tertiary/aromatic N) is 5. The van der Waals surface area contributed by atoms with Crippen molar-refractivity contribution >= 4 is 29.9 Å². The van der Waals surface area contributed by atoms with Crippen LogP contribution in [0.2, 0.25) is 0 Å². The summed E-state index contributed by atoms with van der Waals surface area (Å²) in [6.07, 6.45) is 1.81. The van der Waals surface area contributed by atoms with Crippen molar-refractivity contribution < 1.29 is 13.9 Å². The molecule has 1 aromatic heterocycles.